The zero-order valence-corrected chi connectivity index (χ0v) is 19.5. The summed E-state index contributed by atoms with van der Waals surface area (Å²) in [4.78, 5) is 30.2. The van der Waals surface area contributed by atoms with Gasteiger partial charge in [-0.15, -0.1) is 11.3 Å². The monoisotopic (exact) mass is 475 g/mol. The molecule has 0 spiro atoms. The van der Waals surface area contributed by atoms with E-state index in [-0.39, 0.29) is 17.5 Å². The zero-order chi connectivity index (χ0) is 24.3. The third kappa shape index (κ3) is 5.98. The van der Waals surface area contributed by atoms with E-state index in [2.05, 4.69) is 10.3 Å². The Balaban J connectivity index is 1.90. The predicted molar refractivity (Wildman–Crippen MR) is 121 cm³/mol. The van der Waals surface area contributed by atoms with Crippen molar-refractivity contribution < 1.29 is 22.8 Å². The highest BCUT2D eigenvalue weighted by Gasteiger charge is 2.30. The predicted octanol–water partition coefficient (Wildman–Crippen LogP) is 5.11. The normalized spacial score (nSPS) is 12.3. The van der Waals surface area contributed by atoms with E-state index in [0.717, 1.165) is 28.3 Å². The summed E-state index contributed by atoms with van der Waals surface area (Å²) < 4.78 is 40.8. The summed E-state index contributed by atoms with van der Waals surface area (Å²) in [7, 11) is 0. The summed E-state index contributed by atoms with van der Waals surface area (Å²) in [6, 6.07) is 11.4. The second kappa shape index (κ2) is 9.74. The fourth-order valence-corrected chi connectivity index (χ4v) is 4.11. The number of benzene rings is 2. The van der Waals surface area contributed by atoms with Crippen LogP contribution in [0.2, 0.25) is 0 Å². The quantitative estimate of drug-likeness (QED) is 0.557. The molecule has 3 aromatic rings. The number of carbonyl (C=O) groups excluding carboxylic acids is 2. The lowest BCUT2D eigenvalue weighted by Crippen LogP contribution is -2.30. The van der Waals surface area contributed by atoms with Gasteiger partial charge in [0.1, 0.15) is 0 Å². The van der Waals surface area contributed by atoms with Crippen LogP contribution >= 0.6 is 11.3 Å². The topological polar surface area (TPSA) is 63.5 Å². The molecule has 0 radical (unpaired) electrons. The largest absolute Gasteiger partial charge is 0.416 e. The zero-order valence-electron chi connectivity index (χ0n) is 18.7. The van der Waals surface area contributed by atoms with Crippen LogP contribution in [0.15, 0.2) is 53.5 Å². The highest BCUT2D eigenvalue weighted by molar-refractivity contribution is 7.09. The number of alkyl halides is 3. The van der Waals surface area contributed by atoms with Gasteiger partial charge in [-0.25, -0.2) is 0 Å². The van der Waals surface area contributed by atoms with Gasteiger partial charge >= 0.3 is 6.18 Å². The minimum absolute atomic E-state index is 0.0303. The van der Waals surface area contributed by atoms with Gasteiger partial charge in [-0.05, 0) is 63.6 Å². The molecule has 0 fully saturated rings. The van der Waals surface area contributed by atoms with Gasteiger partial charge in [0.25, 0.3) is 11.8 Å². The minimum Gasteiger partial charge on any atom is -0.350 e. The van der Waals surface area contributed by atoms with Crippen molar-refractivity contribution >= 4 is 23.2 Å². The van der Waals surface area contributed by atoms with Crippen LogP contribution in [-0.4, -0.2) is 22.4 Å². The molecule has 5 nitrogen and oxygen atoms in total. The molecule has 2 amide bonds. The summed E-state index contributed by atoms with van der Waals surface area (Å²) >= 11 is 1.30. The van der Waals surface area contributed by atoms with Gasteiger partial charge in [0.05, 0.1) is 12.1 Å². The molecule has 1 N–H and O–H groups in total. The molecule has 0 saturated heterocycles. The highest BCUT2D eigenvalue weighted by Crippen LogP contribution is 2.29. The van der Waals surface area contributed by atoms with Gasteiger partial charge in [-0.1, -0.05) is 18.2 Å². The number of rotatable bonds is 5. The van der Waals surface area contributed by atoms with Gasteiger partial charge in [-0.3, -0.25) is 9.59 Å². The molecule has 174 valence electrons. The maximum atomic E-state index is 13.0. The van der Waals surface area contributed by atoms with E-state index >= 15 is 0 Å². The number of hydrogen-bond donors (Lipinski definition) is 1. The Labute approximate surface area is 193 Å². The molecule has 0 aliphatic heterocycles. The fourth-order valence-electron chi connectivity index (χ4n) is 3.14. The Bertz CT molecular complexity index is 1240. The average molecular weight is 476 g/mol. The second-order valence-corrected chi connectivity index (χ2v) is 9.11. The van der Waals surface area contributed by atoms with Crippen LogP contribution in [0.3, 0.4) is 0 Å². The van der Waals surface area contributed by atoms with Crippen LogP contribution in [0, 0.1) is 13.8 Å². The second-order valence-electron chi connectivity index (χ2n) is 7.93. The Morgan fingerprint density at radius 2 is 1.73 bits per heavy atom. The van der Waals surface area contributed by atoms with Crippen molar-refractivity contribution in [3.05, 3.63) is 86.2 Å². The van der Waals surface area contributed by atoms with E-state index in [1.54, 1.807) is 12.1 Å². The Hall–Kier alpha value is -3.20. The average Bonchev–Trinajstić information content (AvgIpc) is 3.00. The van der Waals surface area contributed by atoms with E-state index in [0.29, 0.717) is 16.9 Å². The molecule has 0 saturated carbocycles. The summed E-state index contributed by atoms with van der Waals surface area (Å²) in [6.45, 7) is 7.96. The first-order valence-corrected chi connectivity index (χ1v) is 11.1. The molecule has 0 aliphatic rings. The fraction of sp³-hybridized carbons (Fsp3) is 0.292. The smallest absolute Gasteiger partial charge is 0.350 e. The number of hydrogen-bond acceptors (Lipinski definition) is 3. The van der Waals surface area contributed by atoms with E-state index in [9.17, 15) is 22.8 Å². The summed E-state index contributed by atoms with van der Waals surface area (Å²) in [5, 5.41) is 2.83. The summed E-state index contributed by atoms with van der Waals surface area (Å²) in [5.41, 5.74) is 1.32. The van der Waals surface area contributed by atoms with Crippen LogP contribution in [0.5, 0.6) is 0 Å². The highest BCUT2D eigenvalue weighted by atomic mass is 32.1. The van der Waals surface area contributed by atoms with Crippen LogP contribution < -0.4 is 10.1 Å². The molecular weight excluding hydrogens is 451 g/mol. The number of thiazole rings is 1. The Morgan fingerprint density at radius 1 is 1.06 bits per heavy atom. The molecule has 0 unspecified atom stereocenters. The molecule has 2 aromatic carbocycles. The van der Waals surface area contributed by atoms with E-state index in [4.69, 9.17) is 0 Å². The lowest BCUT2D eigenvalue weighted by molar-refractivity contribution is -0.137. The first kappa shape index (κ1) is 24.4. The maximum Gasteiger partial charge on any atom is 0.416 e. The molecule has 0 aliphatic carbocycles. The molecule has 9 heteroatoms. The number of nitrogens with one attached hydrogen (secondary N) is 1. The minimum atomic E-state index is -4.54. The third-order valence-electron chi connectivity index (χ3n) is 5.00. The summed E-state index contributed by atoms with van der Waals surface area (Å²) in [5.74, 6) is -0.897. The van der Waals surface area contributed by atoms with Gasteiger partial charge in [0.2, 0.25) is 0 Å². The number of aryl methyl sites for hydroxylation is 1. The maximum absolute atomic E-state index is 13.0. The van der Waals surface area contributed by atoms with Crippen molar-refractivity contribution in [2.24, 2.45) is 4.99 Å². The first-order valence-electron chi connectivity index (χ1n) is 10.3. The van der Waals surface area contributed by atoms with E-state index in [1.807, 2.05) is 44.4 Å². The van der Waals surface area contributed by atoms with Crippen LogP contribution in [0.4, 0.5) is 13.2 Å². The van der Waals surface area contributed by atoms with Crippen LogP contribution in [0.25, 0.3) is 0 Å². The number of amides is 2. The van der Waals surface area contributed by atoms with Crippen LogP contribution in [0.1, 0.15) is 56.3 Å². The lowest BCUT2D eigenvalue weighted by atomic mass is 10.1. The number of nitrogens with zero attached hydrogens (tertiary/aromatic N) is 2. The molecule has 1 heterocycles. The number of halogens is 3. The van der Waals surface area contributed by atoms with E-state index < -0.39 is 17.6 Å². The molecule has 0 atom stereocenters. The molecule has 33 heavy (non-hydrogen) atoms. The van der Waals surface area contributed by atoms with Crippen molar-refractivity contribution in [1.29, 1.82) is 0 Å². The van der Waals surface area contributed by atoms with Gasteiger partial charge in [0, 0.05) is 27.7 Å². The van der Waals surface area contributed by atoms with Crippen molar-refractivity contribution in [2.45, 2.75) is 46.5 Å². The third-order valence-corrected chi connectivity index (χ3v) is 6.10. The SMILES string of the molecule is Cc1sc(=NC(=O)c2cccc(C(F)(F)F)c2)n(Cc2ccc(C(=O)NC(C)C)cc2)c1C. The van der Waals surface area contributed by atoms with Crippen molar-refractivity contribution in [3.8, 4) is 0 Å². The van der Waals surface area contributed by atoms with Crippen molar-refractivity contribution in [2.75, 3.05) is 0 Å². The first-order chi connectivity index (χ1) is 15.5. The summed E-state index contributed by atoms with van der Waals surface area (Å²) in [6.07, 6.45) is -4.54. The van der Waals surface area contributed by atoms with Crippen LogP contribution in [-0.2, 0) is 12.7 Å². The number of aromatic nitrogens is 1. The van der Waals surface area contributed by atoms with E-state index in [1.165, 1.54) is 23.5 Å². The standard InChI is InChI=1S/C24H24F3N3O2S/c1-14(2)28-21(31)18-10-8-17(9-11-18)13-30-15(3)16(4)33-23(30)29-22(32)19-6-5-7-20(12-19)24(25,26)27/h5-12,14H,13H2,1-4H3,(H,28,31). The van der Waals surface area contributed by atoms with Gasteiger partial charge in [0.15, 0.2) is 4.80 Å². The molecule has 1 aromatic heterocycles. The Kier molecular flexibility index (Phi) is 7.22. The molecular formula is C24H24F3N3O2S. The molecule has 0 bridgehead atoms. The van der Waals surface area contributed by atoms with Gasteiger partial charge < -0.3 is 9.88 Å². The van der Waals surface area contributed by atoms with Crippen molar-refractivity contribution in [1.82, 2.24) is 9.88 Å². The molecule has 3 rings (SSSR count). The number of carbonyl (C=O) groups is 2. The lowest BCUT2D eigenvalue weighted by Gasteiger charge is -2.10. The Morgan fingerprint density at radius 3 is 2.33 bits per heavy atom. The van der Waals surface area contributed by atoms with Crippen molar-refractivity contribution in [3.63, 3.8) is 0 Å². The van der Waals surface area contributed by atoms with Gasteiger partial charge in [-0.2, -0.15) is 18.2 Å².